The van der Waals surface area contributed by atoms with Gasteiger partial charge < -0.3 is 24.6 Å². The molecule has 2 heterocycles. The molecule has 37 heavy (non-hydrogen) atoms. The van der Waals surface area contributed by atoms with Gasteiger partial charge in [-0.2, -0.15) is 0 Å². The number of nitrogens with zero attached hydrogens (tertiary/aromatic N) is 1. The molecule has 8 nitrogen and oxygen atoms in total. The van der Waals surface area contributed by atoms with Crippen molar-refractivity contribution in [1.29, 1.82) is 0 Å². The number of amides is 1. The summed E-state index contributed by atoms with van der Waals surface area (Å²) >= 11 is 0. The van der Waals surface area contributed by atoms with Crippen LogP contribution >= 0.6 is 0 Å². The van der Waals surface area contributed by atoms with E-state index >= 15 is 0 Å². The Morgan fingerprint density at radius 3 is 2.24 bits per heavy atom. The smallest absolute Gasteiger partial charge is 0.338 e. The van der Waals surface area contributed by atoms with Gasteiger partial charge in [-0.15, -0.1) is 0 Å². The Morgan fingerprint density at radius 2 is 1.59 bits per heavy atom. The Labute approximate surface area is 215 Å². The van der Waals surface area contributed by atoms with Crippen LogP contribution in [0.15, 0.2) is 91.0 Å². The summed E-state index contributed by atoms with van der Waals surface area (Å²) in [6.45, 7) is 0.593. The molecule has 0 radical (unpaired) electrons. The maximum atomic E-state index is 13.3. The summed E-state index contributed by atoms with van der Waals surface area (Å²) < 4.78 is 18.3. The predicted octanol–water partition coefficient (Wildman–Crippen LogP) is 2.69. The van der Waals surface area contributed by atoms with Crippen LogP contribution < -0.4 is 5.32 Å². The number of esters is 1. The first kappa shape index (κ1) is 25.1. The number of likely N-dealkylation sites (N-methyl/N-ethyl adjacent to an activating group) is 1. The predicted molar refractivity (Wildman–Crippen MR) is 135 cm³/mol. The zero-order valence-corrected chi connectivity index (χ0v) is 20.5. The molecule has 2 saturated heterocycles. The number of ether oxygens (including phenoxy) is 3. The van der Waals surface area contributed by atoms with Crippen LogP contribution in [0, 0.1) is 0 Å². The van der Waals surface area contributed by atoms with Gasteiger partial charge in [-0.1, -0.05) is 78.9 Å². The van der Waals surface area contributed by atoms with Crippen LogP contribution in [-0.2, 0) is 25.5 Å². The summed E-state index contributed by atoms with van der Waals surface area (Å²) in [4.78, 5) is 28.3. The van der Waals surface area contributed by atoms with Crippen molar-refractivity contribution in [2.75, 3.05) is 13.7 Å². The topological polar surface area (TPSA) is 97.3 Å². The fourth-order valence-corrected chi connectivity index (χ4v) is 5.06. The number of aliphatic hydroxyl groups excluding tert-OH is 1. The molecule has 6 atom stereocenters. The number of rotatable bonds is 6. The normalized spacial score (nSPS) is 27.6. The highest BCUT2D eigenvalue weighted by molar-refractivity contribution is 5.90. The second-order valence-electron chi connectivity index (χ2n) is 9.19. The third kappa shape index (κ3) is 5.28. The van der Waals surface area contributed by atoms with Gasteiger partial charge in [0, 0.05) is 19.2 Å². The number of hydrogen-bond acceptors (Lipinski definition) is 7. The van der Waals surface area contributed by atoms with E-state index < -0.39 is 42.7 Å². The summed E-state index contributed by atoms with van der Waals surface area (Å²) in [5, 5.41) is 14.2. The molecule has 5 rings (SSSR count). The van der Waals surface area contributed by atoms with E-state index in [4.69, 9.17) is 14.2 Å². The molecule has 8 heteroatoms. The van der Waals surface area contributed by atoms with Crippen molar-refractivity contribution in [3.63, 3.8) is 0 Å². The van der Waals surface area contributed by atoms with E-state index in [1.807, 2.05) is 65.6 Å². The van der Waals surface area contributed by atoms with E-state index in [1.54, 1.807) is 30.3 Å². The van der Waals surface area contributed by atoms with Gasteiger partial charge in [0.15, 0.2) is 12.4 Å². The Morgan fingerprint density at radius 1 is 0.973 bits per heavy atom. The Kier molecular flexibility index (Phi) is 7.62. The quantitative estimate of drug-likeness (QED) is 0.500. The van der Waals surface area contributed by atoms with Crippen LogP contribution in [0.3, 0.4) is 0 Å². The number of benzene rings is 3. The zero-order chi connectivity index (χ0) is 25.8. The summed E-state index contributed by atoms with van der Waals surface area (Å²) in [6.07, 6.45) is -3.90. The lowest BCUT2D eigenvalue weighted by atomic mass is 9.86. The van der Waals surface area contributed by atoms with Crippen molar-refractivity contribution >= 4 is 11.9 Å². The first-order chi connectivity index (χ1) is 18.1. The van der Waals surface area contributed by atoms with Gasteiger partial charge in [0.05, 0.1) is 18.2 Å². The lowest BCUT2D eigenvalue weighted by Gasteiger charge is -2.53. The number of carbonyl (C=O) groups excluding carboxylic acids is 2. The fraction of sp³-hybridized carbons (Fsp3) is 0.310. The first-order valence-corrected chi connectivity index (χ1v) is 12.3. The standard InChI is InChI=1S/C29H30N2O6/c1-30-27(33)23-26(36-28(34)20-13-7-3-8-14-20)24(32)25-22(31(23)17-19-11-5-2-6-12-19)18-35-29(37-25)21-15-9-4-10-16-21/h2-16,22-26,29,32H,17-18H2,1H3,(H,30,33)/t22-,23+,24+,25-,26-,29?/m1/s1. The van der Waals surface area contributed by atoms with Crippen LogP contribution in [0.25, 0.3) is 0 Å². The average molecular weight is 503 g/mol. The van der Waals surface area contributed by atoms with E-state index in [1.165, 1.54) is 7.05 Å². The van der Waals surface area contributed by atoms with Gasteiger partial charge in [-0.05, 0) is 17.7 Å². The van der Waals surface area contributed by atoms with Crippen molar-refractivity contribution in [3.8, 4) is 0 Å². The van der Waals surface area contributed by atoms with Gasteiger partial charge in [0.25, 0.3) is 0 Å². The van der Waals surface area contributed by atoms with E-state index in [9.17, 15) is 14.7 Å². The number of nitrogens with one attached hydrogen (secondary N) is 1. The molecule has 2 N–H and O–H groups in total. The molecule has 0 aliphatic carbocycles. The molecule has 0 saturated carbocycles. The number of fused-ring (bicyclic) bond motifs is 1. The molecular formula is C29H30N2O6. The van der Waals surface area contributed by atoms with E-state index in [2.05, 4.69) is 5.32 Å². The minimum absolute atomic E-state index is 0.223. The molecule has 0 spiro atoms. The summed E-state index contributed by atoms with van der Waals surface area (Å²) in [5.41, 5.74) is 2.11. The van der Waals surface area contributed by atoms with Gasteiger partial charge in [-0.3, -0.25) is 9.69 Å². The molecule has 1 unspecified atom stereocenters. The zero-order valence-electron chi connectivity index (χ0n) is 20.5. The largest absolute Gasteiger partial charge is 0.454 e. The summed E-state index contributed by atoms with van der Waals surface area (Å²) in [5.74, 6) is -0.993. The van der Waals surface area contributed by atoms with Crippen molar-refractivity contribution in [2.24, 2.45) is 0 Å². The molecule has 2 fully saturated rings. The van der Waals surface area contributed by atoms with Crippen molar-refractivity contribution < 1.29 is 28.9 Å². The fourth-order valence-electron chi connectivity index (χ4n) is 5.06. The molecule has 2 aliphatic rings. The van der Waals surface area contributed by atoms with Crippen LogP contribution in [0.1, 0.15) is 27.8 Å². The minimum Gasteiger partial charge on any atom is -0.454 e. The number of carbonyl (C=O) groups is 2. The Hall–Kier alpha value is -3.56. The molecule has 3 aromatic carbocycles. The second kappa shape index (κ2) is 11.2. The lowest BCUT2D eigenvalue weighted by molar-refractivity contribution is -0.295. The number of aliphatic hydroxyl groups is 1. The molecule has 192 valence electrons. The molecule has 1 amide bonds. The highest BCUT2D eigenvalue weighted by Crippen LogP contribution is 2.37. The van der Waals surface area contributed by atoms with E-state index in [-0.39, 0.29) is 12.5 Å². The van der Waals surface area contributed by atoms with Crippen LogP contribution in [-0.4, -0.2) is 65.9 Å². The van der Waals surface area contributed by atoms with E-state index in [0.29, 0.717) is 12.1 Å². The van der Waals surface area contributed by atoms with Crippen LogP contribution in [0.4, 0.5) is 0 Å². The summed E-state index contributed by atoms with van der Waals surface area (Å²) in [7, 11) is 1.52. The van der Waals surface area contributed by atoms with Gasteiger partial charge >= 0.3 is 5.97 Å². The summed E-state index contributed by atoms with van der Waals surface area (Å²) in [6, 6.07) is 26.3. The number of hydrogen-bond donors (Lipinski definition) is 2. The lowest BCUT2D eigenvalue weighted by Crippen LogP contribution is -2.72. The van der Waals surface area contributed by atoms with E-state index in [0.717, 1.165) is 11.1 Å². The Bertz CT molecular complexity index is 1190. The SMILES string of the molecule is CNC(=O)[C@@H]1[C@@H](OC(=O)c2ccccc2)[C@@H](O)[C@@H]2OC(c3ccccc3)OC[C@H]2N1Cc1ccccc1. The van der Waals surface area contributed by atoms with Gasteiger partial charge in [-0.25, -0.2) is 4.79 Å². The number of piperidine rings is 1. The van der Waals surface area contributed by atoms with Gasteiger partial charge in [0.2, 0.25) is 5.91 Å². The van der Waals surface area contributed by atoms with Crippen molar-refractivity contribution in [2.45, 2.75) is 43.2 Å². The molecule has 3 aromatic rings. The monoisotopic (exact) mass is 502 g/mol. The highest BCUT2D eigenvalue weighted by Gasteiger charge is 2.56. The van der Waals surface area contributed by atoms with Gasteiger partial charge in [0.1, 0.15) is 18.2 Å². The third-order valence-corrected chi connectivity index (χ3v) is 6.89. The molecular weight excluding hydrogens is 472 g/mol. The number of likely N-dealkylation sites (tertiary alicyclic amines) is 1. The van der Waals surface area contributed by atoms with Crippen molar-refractivity contribution in [1.82, 2.24) is 10.2 Å². The highest BCUT2D eigenvalue weighted by atomic mass is 16.7. The third-order valence-electron chi connectivity index (χ3n) is 6.89. The van der Waals surface area contributed by atoms with Crippen LogP contribution in [0.5, 0.6) is 0 Å². The van der Waals surface area contributed by atoms with Crippen molar-refractivity contribution in [3.05, 3.63) is 108 Å². The average Bonchev–Trinajstić information content (AvgIpc) is 2.96. The maximum Gasteiger partial charge on any atom is 0.338 e. The Balaban J connectivity index is 1.51. The van der Waals surface area contributed by atoms with Crippen LogP contribution in [0.2, 0.25) is 0 Å². The molecule has 0 aromatic heterocycles. The second-order valence-corrected chi connectivity index (χ2v) is 9.19. The molecule has 0 bridgehead atoms. The maximum absolute atomic E-state index is 13.3. The minimum atomic E-state index is -1.26. The first-order valence-electron chi connectivity index (χ1n) is 12.3. The molecule has 2 aliphatic heterocycles.